The molecular formula is C15H21FN2O. The minimum Gasteiger partial charge on any atom is -0.352 e. The highest BCUT2D eigenvalue weighted by Gasteiger charge is 2.22. The van der Waals surface area contributed by atoms with E-state index in [4.69, 9.17) is 0 Å². The van der Waals surface area contributed by atoms with Gasteiger partial charge in [-0.2, -0.15) is 0 Å². The Morgan fingerprint density at radius 1 is 1.53 bits per heavy atom. The molecule has 3 nitrogen and oxygen atoms in total. The van der Waals surface area contributed by atoms with Gasteiger partial charge in [-0.25, -0.2) is 4.39 Å². The highest BCUT2D eigenvalue weighted by atomic mass is 19.1. The SMILES string of the molecule is Cc1cccc(C(=O)NCC2CNCCC2C)c1F. The number of nitrogens with one attached hydrogen (secondary N) is 2. The fourth-order valence-corrected chi connectivity index (χ4v) is 2.47. The zero-order valence-corrected chi connectivity index (χ0v) is 11.5. The standard InChI is InChI=1S/C15H21FN2O/c1-10-6-7-17-8-12(10)9-18-15(19)13-5-3-4-11(2)14(13)16/h3-5,10,12,17H,6-9H2,1-2H3,(H,18,19). The number of hydrogen-bond acceptors (Lipinski definition) is 2. The predicted molar refractivity (Wildman–Crippen MR) is 73.6 cm³/mol. The topological polar surface area (TPSA) is 41.1 Å². The first-order valence-corrected chi connectivity index (χ1v) is 6.83. The molecule has 1 amide bonds. The summed E-state index contributed by atoms with van der Waals surface area (Å²) in [5, 5.41) is 6.17. The molecule has 0 aromatic heterocycles. The lowest BCUT2D eigenvalue weighted by atomic mass is 9.88. The minimum absolute atomic E-state index is 0.136. The van der Waals surface area contributed by atoms with E-state index in [1.54, 1.807) is 19.1 Å². The Labute approximate surface area is 113 Å². The Kier molecular flexibility index (Phi) is 4.53. The van der Waals surface area contributed by atoms with Crippen LogP contribution in [0.2, 0.25) is 0 Å². The van der Waals surface area contributed by atoms with Crippen molar-refractivity contribution in [3.63, 3.8) is 0 Å². The van der Waals surface area contributed by atoms with Gasteiger partial charge in [-0.05, 0) is 49.9 Å². The number of rotatable bonds is 3. The molecule has 4 heteroatoms. The van der Waals surface area contributed by atoms with E-state index in [-0.39, 0.29) is 11.5 Å². The van der Waals surface area contributed by atoms with Crippen LogP contribution in [0.1, 0.15) is 29.3 Å². The highest BCUT2D eigenvalue weighted by Crippen LogP contribution is 2.18. The van der Waals surface area contributed by atoms with Crippen LogP contribution in [0.15, 0.2) is 18.2 Å². The van der Waals surface area contributed by atoms with Crippen molar-refractivity contribution < 1.29 is 9.18 Å². The molecule has 104 valence electrons. The molecule has 1 aromatic carbocycles. The number of halogens is 1. The van der Waals surface area contributed by atoms with Crippen molar-refractivity contribution in [1.29, 1.82) is 0 Å². The average molecular weight is 264 g/mol. The van der Waals surface area contributed by atoms with Crippen molar-refractivity contribution in [2.24, 2.45) is 11.8 Å². The van der Waals surface area contributed by atoms with E-state index in [9.17, 15) is 9.18 Å². The first kappa shape index (κ1) is 14.0. The summed E-state index contributed by atoms with van der Waals surface area (Å²) in [7, 11) is 0. The normalized spacial score (nSPS) is 23.1. The largest absolute Gasteiger partial charge is 0.352 e. The fraction of sp³-hybridized carbons (Fsp3) is 0.533. The van der Waals surface area contributed by atoms with Crippen LogP contribution in [0.5, 0.6) is 0 Å². The summed E-state index contributed by atoms with van der Waals surface area (Å²) >= 11 is 0. The molecule has 2 unspecified atom stereocenters. The quantitative estimate of drug-likeness (QED) is 0.878. The molecule has 0 saturated carbocycles. The Bertz CT molecular complexity index is 461. The third kappa shape index (κ3) is 3.32. The molecule has 0 radical (unpaired) electrons. The van der Waals surface area contributed by atoms with Gasteiger partial charge in [0.25, 0.3) is 5.91 Å². The number of carbonyl (C=O) groups is 1. The first-order chi connectivity index (χ1) is 9.09. The van der Waals surface area contributed by atoms with Crippen LogP contribution in [-0.2, 0) is 0 Å². The van der Waals surface area contributed by atoms with Crippen LogP contribution in [0.3, 0.4) is 0 Å². The molecule has 1 heterocycles. The molecule has 2 rings (SSSR count). The van der Waals surface area contributed by atoms with Crippen LogP contribution in [0.4, 0.5) is 4.39 Å². The van der Waals surface area contributed by atoms with Crippen molar-refractivity contribution in [3.05, 3.63) is 35.1 Å². The monoisotopic (exact) mass is 264 g/mol. The summed E-state index contributed by atoms with van der Waals surface area (Å²) in [4.78, 5) is 12.0. The van der Waals surface area contributed by atoms with Crippen LogP contribution in [0.25, 0.3) is 0 Å². The molecule has 1 saturated heterocycles. The summed E-state index contributed by atoms with van der Waals surface area (Å²) in [5.41, 5.74) is 0.636. The zero-order valence-electron chi connectivity index (χ0n) is 11.5. The van der Waals surface area contributed by atoms with E-state index in [1.165, 1.54) is 6.07 Å². The van der Waals surface area contributed by atoms with Gasteiger partial charge in [-0.3, -0.25) is 4.79 Å². The maximum Gasteiger partial charge on any atom is 0.254 e. The smallest absolute Gasteiger partial charge is 0.254 e. The molecule has 1 aromatic rings. The van der Waals surface area contributed by atoms with Crippen molar-refractivity contribution in [2.75, 3.05) is 19.6 Å². The molecule has 19 heavy (non-hydrogen) atoms. The van der Waals surface area contributed by atoms with Crippen molar-refractivity contribution in [1.82, 2.24) is 10.6 Å². The van der Waals surface area contributed by atoms with Crippen LogP contribution < -0.4 is 10.6 Å². The van der Waals surface area contributed by atoms with E-state index in [0.29, 0.717) is 23.9 Å². The number of benzene rings is 1. The Hall–Kier alpha value is -1.42. The number of piperidine rings is 1. The van der Waals surface area contributed by atoms with Gasteiger partial charge in [0, 0.05) is 6.54 Å². The van der Waals surface area contributed by atoms with Crippen LogP contribution >= 0.6 is 0 Å². The molecule has 0 bridgehead atoms. The lowest BCUT2D eigenvalue weighted by molar-refractivity contribution is 0.0934. The van der Waals surface area contributed by atoms with E-state index in [2.05, 4.69) is 17.6 Å². The maximum atomic E-state index is 13.8. The van der Waals surface area contributed by atoms with E-state index in [1.807, 2.05) is 0 Å². The summed E-state index contributed by atoms with van der Waals surface area (Å²) in [6.07, 6.45) is 1.12. The first-order valence-electron chi connectivity index (χ1n) is 6.83. The summed E-state index contributed by atoms with van der Waals surface area (Å²) < 4.78 is 13.8. The van der Waals surface area contributed by atoms with E-state index >= 15 is 0 Å². The third-order valence-corrected chi connectivity index (χ3v) is 3.95. The number of carbonyl (C=O) groups excluding carboxylic acids is 1. The molecule has 2 atom stereocenters. The molecule has 0 aliphatic carbocycles. The van der Waals surface area contributed by atoms with Gasteiger partial charge in [-0.1, -0.05) is 19.1 Å². The van der Waals surface area contributed by atoms with Gasteiger partial charge in [0.1, 0.15) is 5.82 Å². The van der Waals surface area contributed by atoms with Gasteiger partial charge in [0.2, 0.25) is 0 Å². The number of hydrogen-bond donors (Lipinski definition) is 2. The second-order valence-corrected chi connectivity index (χ2v) is 5.38. The Morgan fingerprint density at radius 3 is 3.05 bits per heavy atom. The van der Waals surface area contributed by atoms with Gasteiger partial charge in [0.15, 0.2) is 0 Å². The molecule has 1 aliphatic heterocycles. The van der Waals surface area contributed by atoms with Gasteiger partial charge in [0.05, 0.1) is 5.56 Å². The number of aryl methyl sites for hydroxylation is 1. The zero-order chi connectivity index (χ0) is 13.8. The summed E-state index contributed by atoms with van der Waals surface area (Å²) in [5.74, 6) is 0.267. The highest BCUT2D eigenvalue weighted by molar-refractivity contribution is 5.94. The van der Waals surface area contributed by atoms with Crippen LogP contribution in [-0.4, -0.2) is 25.5 Å². The second-order valence-electron chi connectivity index (χ2n) is 5.38. The van der Waals surface area contributed by atoms with Crippen molar-refractivity contribution in [2.45, 2.75) is 20.3 Å². The van der Waals surface area contributed by atoms with Crippen molar-refractivity contribution in [3.8, 4) is 0 Å². The lowest BCUT2D eigenvalue weighted by Gasteiger charge is -2.29. The van der Waals surface area contributed by atoms with Gasteiger partial charge in [-0.15, -0.1) is 0 Å². The minimum atomic E-state index is -0.421. The van der Waals surface area contributed by atoms with Gasteiger partial charge >= 0.3 is 0 Å². The summed E-state index contributed by atoms with van der Waals surface area (Å²) in [6.45, 7) is 6.42. The summed E-state index contributed by atoms with van der Waals surface area (Å²) in [6, 6.07) is 4.90. The average Bonchev–Trinajstić information content (AvgIpc) is 2.40. The van der Waals surface area contributed by atoms with E-state index < -0.39 is 5.82 Å². The fourth-order valence-electron chi connectivity index (χ4n) is 2.47. The molecule has 1 aliphatic rings. The molecule has 0 spiro atoms. The maximum absolute atomic E-state index is 13.8. The Balaban J connectivity index is 1.95. The second kappa shape index (κ2) is 6.15. The molecule has 2 N–H and O–H groups in total. The lowest BCUT2D eigenvalue weighted by Crippen LogP contribution is -2.42. The predicted octanol–water partition coefficient (Wildman–Crippen LogP) is 2.11. The number of amides is 1. The van der Waals surface area contributed by atoms with Crippen molar-refractivity contribution >= 4 is 5.91 Å². The van der Waals surface area contributed by atoms with E-state index in [0.717, 1.165) is 19.5 Å². The van der Waals surface area contributed by atoms with Gasteiger partial charge < -0.3 is 10.6 Å². The third-order valence-electron chi connectivity index (χ3n) is 3.95. The Morgan fingerprint density at radius 2 is 2.32 bits per heavy atom. The molecular weight excluding hydrogens is 243 g/mol. The molecule has 1 fully saturated rings. The van der Waals surface area contributed by atoms with Crippen LogP contribution in [0, 0.1) is 24.6 Å².